The van der Waals surface area contributed by atoms with Crippen LogP contribution in [-0.2, 0) is 29.6 Å². The molecule has 0 aliphatic rings. The number of anilines is 2. The Kier molecular flexibility index (Phi) is 7.92. The summed E-state index contributed by atoms with van der Waals surface area (Å²) >= 11 is 0. The van der Waals surface area contributed by atoms with Crippen molar-refractivity contribution in [1.82, 2.24) is 0 Å². The standard InChI is InChI=1S/C18H14F8N4O6S2/c19-15(20,13(31)29-9-1-5-11(6-2-9)37(27,33)34)17(23,24)18(25,26)16(21,22)14(32)30-10-3-7-12(8-4-10)38(28,35)36/h1-8H,(H,29,31)(H,30,32)(H2,27,33,34)(H2,28,35,36). The Morgan fingerprint density at radius 3 is 1.00 bits per heavy atom. The van der Waals surface area contributed by atoms with Gasteiger partial charge in [-0.2, -0.15) is 35.1 Å². The largest absolute Gasteiger partial charge is 0.393 e. The maximum absolute atomic E-state index is 14.1. The van der Waals surface area contributed by atoms with Gasteiger partial charge in [0.2, 0.25) is 20.0 Å². The normalized spacial score (nSPS) is 13.6. The number of rotatable bonds is 9. The van der Waals surface area contributed by atoms with Gasteiger partial charge in [0.1, 0.15) is 0 Å². The van der Waals surface area contributed by atoms with Gasteiger partial charge in [-0.05, 0) is 48.5 Å². The third-order valence-electron chi connectivity index (χ3n) is 4.63. The number of amides is 2. The van der Waals surface area contributed by atoms with E-state index in [1.54, 1.807) is 0 Å². The highest BCUT2D eigenvalue weighted by Crippen LogP contribution is 2.53. The Morgan fingerprint density at radius 2 is 0.789 bits per heavy atom. The average molecular weight is 598 g/mol. The first kappa shape index (κ1) is 30.9. The van der Waals surface area contributed by atoms with Crippen LogP contribution in [-0.4, -0.2) is 52.3 Å². The van der Waals surface area contributed by atoms with Crippen molar-refractivity contribution in [1.29, 1.82) is 0 Å². The highest BCUT2D eigenvalue weighted by molar-refractivity contribution is 7.89. The fourth-order valence-electron chi connectivity index (χ4n) is 2.55. The lowest BCUT2D eigenvalue weighted by molar-refractivity contribution is -0.345. The molecule has 0 saturated carbocycles. The molecule has 0 bridgehead atoms. The summed E-state index contributed by atoms with van der Waals surface area (Å²) in [6.45, 7) is 0. The molecule has 10 nitrogen and oxygen atoms in total. The van der Waals surface area contributed by atoms with Gasteiger partial charge in [0.25, 0.3) is 0 Å². The lowest BCUT2D eigenvalue weighted by Gasteiger charge is -2.35. The molecule has 6 N–H and O–H groups in total. The van der Waals surface area contributed by atoms with E-state index in [2.05, 4.69) is 0 Å². The molecule has 0 unspecified atom stereocenters. The molecule has 0 saturated heterocycles. The Labute approximate surface area is 208 Å². The van der Waals surface area contributed by atoms with Crippen LogP contribution in [0.2, 0.25) is 0 Å². The smallest absolute Gasteiger partial charge is 0.321 e. The number of nitrogens with two attached hydrogens (primary N) is 2. The molecule has 210 valence electrons. The predicted molar refractivity (Wildman–Crippen MR) is 113 cm³/mol. The van der Waals surface area contributed by atoms with Gasteiger partial charge in [-0.1, -0.05) is 0 Å². The van der Waals surface area contributed by atoms with Gasteiger partial charge in [0, 0.05) is 11.4 Å². The first-order chi connectivity index (χ1) is 17.0. The Hall–Kier alpha value is -3.36. The number of halogens is 8. The summed E-state index contributed by atoms with van der Waals surface area (Å²) in [5.41, 5.74) is -1.68. The zero-order valence-corrected chi connectivity index (χ0v) is 19.7. The first-order valence-corrected chi connectivity index (χ1v) is 12.5. The van der Waals surface area contributed by atoms with Crippen LogP contribution < -0.4 is 20.9 Å². The van der Waals surface area contributed by atoms with E-state index >= 15 is 0 Å². The third kappa shape index (κ3) is 5.71. The molecule has 0 spiro atoms. The fraction of sp³-hybridized carbons (Fsp3) is 0.222. The Morgan fingerprint density at radius 1 is 0.553 bits per heavy atom. The van der Waals surface area contributed by atoms with Crippen LogP contribution in [0.3, 0.4) is 0 Å². The number of primary sulfonamides is 2. The number of alkyl halides is 8. The van der Waals surface area contributed by atoms with E-state index in [4.69, 9.17) is 10.3 Å². The minimum absolute atomic E-state index is 0.549. The number of benzene rings is 2. The van der Waals surface area contributed by atoms with E-state index in [0.717, 1.165) is 10.6 Å². The van der Waals surface area contributed by atoms with Crippen LogP contribution in [0.15, 0.2) is 58.3 Å². The quantitative estimate of drug-likeness (QED) is 0.321. The van der Waals surface area contributed by atoms with Crippen molar-refractivity contribution in [3.8, 4) is 0 Å². The first-order valence-electron chi connectivity index (χ1n) is 9.36. The van der Waals surface area contributed by atoms with Gasteiger partial charge in [-0.3, -0.25) is 9.59 Å². The van der Waals surface area contributed by atoms with Gasteiger partial charge in [-0.15, -0.1) is 0 Å². The highest BCUT2D eigenvalue weighted by atomic mass is 32.2. The molecule has 2 amide bonds. The SMILES string of the molecule is NS(=O)(=O)c1ccc(NC(=O)C(F)(F)C(F)(F)C(F)(F)C(F)(F)C(=O)Nc2ccc(S(N)(=O)=O)cc2)cc1. The maximum atomic E-state index is 14.1. The molecule has 0 radical (unpaired) electrons. The van der Waals surface area contributed by atoms with Gasteiger partial charge >= 0.3 is 35.5 Å². The third-order valence-corrected chi connectivity index (χ3v) is 6.49. The average Bonchev–Trinajstić information content (AvgIpc) is 2.78. The zero-order chi connectivity index (χ0) is 29.5. The summed E-state index contributed by atoms with van der Waals surface area (Å²) in [6, 6.07) is 4.65. The minimum Gasteiger partial charge on any atom is -0.321 e. The van der Waals surface area contributed by atoms with Gasteiger partial charge < -0.3 is 10.6 Å². The summed E-state index contributed by atoms with van der Waals surface area (Å²) in [6.07, 6.45) is 0. The van der Waals surface area contributed by atoms with Crippen molar-refractivity contribution < 1.29 is 61.5 Å². The molecule has 0 aliphatic heterocycles. The Bertz CT molecular complexity index is 1340. The number of carbonyl (C=O) groups is 2. The van der Waals surface area contributed by atoms with Crippen LogP contribution in [0.5, 0.6) is 0 Å². The van der Waals surface area contributed by atoms with E-state index in [9.17, 15) is 61.5 Å². The number of sulfonamides is 2. The summed E-state index contributed by atoms with van der Waals surface area (Å²) in [5, 5.41) is 11.6. The number of nitrogens with one attached hydrogen (secondary N) is 2. The second-order valence-corrected chi connectivity index (χ2v) is 10.5. The summed E-state index contributed by atoms with van der Waals surface area (Å²) in [7, 11) is -8.62. The summed E-state index contributed by atoms with van der Waals surface area (Å²) < 4.78 is 158. The van der Waals surface area contributed by atoms with Crippen molar-refractivity contribution in [2.45, 2.75) is 33.5 Å². The van der Waals surface area contributed by atoms with E-state index in [1.165, 1.54) is 0 Å². The van der Waals surface area contributed by atoms with Crippen LogP contribution in [0.25, 0.3) is 0 Å². The molecule has 0 aliphatic carbocycles. The number of hydrogen-bond donors (Lipinski definition) is 4. The molecular formula is C18H14F8N4O6S2. The summed E-state index contributed by atoms with van der Waals surface area (Å²) in [5.74, 6) is -33.9. The van der Waals surface area contributed by atoms with Crippen molar-refractivity contribution >= 4 is 43.2 Å². The van der Waals surface area contributed by atoms with E-state index in [-0.39, 0.29) is 0 Å². The molecule has 38 heavy (non-hydrogen) atoms. The molecule has 2 aromatic carbocycles. The number of hydrogen-bond acceptors (Lipinski definition) is 6. The van der Waals surface area contributed by atoms with Crippen LogP contribution in [0, 0.1) is 0 Å². The second-order valence-electron chi connectivity index (χ2n) is 7.34. The fourth-order valence-corrected chi connectivity index (χ4v) is 3.59. The van der Waals surface area contributed by atoms with Crippen molar-refractivity contribution in [2.24, 2.45) is 10.3 Å². The van der Waals surface area contributed by atoms with E-state index in [1.807, 2.05) is 0 Å². The molecule has 0 heterocycles. The Balaban J connectivity index is 2.30. The lowest BCUT2D eigenvalue weighted by Crippen LogP contribution is -2.67. The minimum atomic E-state index is -7.18. The molecule has 2 aromatic rings. The predicted octanol–water partition coefficient (Wildman–Crippen LogP) is 2.10. The molecule has 20 heteroatoms. The second kappa shape index (κ2) is 9.75. The van der Waals surface area contributed by atoms with Gasteiger partial charge in [-0.25, -0.2) is 27.1 Å². The molecule has 2 rings (SSSR count). The van der Waals surface area contributed by atoms with E-state index in [0.29, 0.717) is 48.5 Å². The van der Waals surface area contributed by atoms with Gasteiger partial charge in [0.05, 0.1) is 9.79 Å². The monoisotopic (exact) mass is 598 g/mol. The zero-order valence-electron chi connectivity index (χ0n) is 18.1. The van der Waals surface area contributed by atoms with Crippen LogP contribution in [0.1, 0.15) is 0 Å². The summed E-state index contributed by atoms with van der Waals surface area (Å²) in [4.78, 5) is 22.1. The van der Waals surface area contributed by atoms with Gasteiger partial charge in [0.15, 0.2) is 0 Å². The van der Waals surface area contributed by atoms with Crippen molar-refractivity contribution in [3.05, 3.63) is 48.5 Å². The lowest BCUT2D eigenvalue weighted by atomic mass is 9.97. The molecule has 0 aromatic heterocycles. The van der Waals surface area contributed by atoms with Crippen molar-refractivity contribution in [2.75, 3.05) is 10.6 Å². The molecule has 0 fully saturated rings. The molecule has 0 atom stereocenters. The van der Waals surface area contributed by atoms with Crippen LogP contribution >= 0.6 is 0 Å². The maximum Gasteiger partial charge on any atom is 0.393 e. The molecular weight excluding hydrogens is 584 g/mol. The topological polar surface area (TPSA) is 179 Å². The van der Waals surface area contributed by atoms with Crippen LogP contribution in [0.4, 0.5) is 46.5 Å². The highest BCUT2D eigenvalue weighted by Gasteiger charge is 2.84. The number of carbonyl (C=O) groups excluding carboxylic acids is 2. The van der Waals surface area contributed by atoms with E-state index < -0.39 is 76.7 Å². The van der Waals surface area contributed by atoms with Crippen molar-refractivity contribution in [3.63, 3.8) is 0 Å².